The largest absolute Gasteiger partial charge is 0.353 e. The van der Waals surface area contributed by atoms with E-state index in [1.165, 1.54) is 5.56 Å². The van der Waals surface area contributed by atoms with E-state index >= 15 is 0 Å². The van der Waals surface area contributed by atoms with Crippen LogP contribution in [0.4, 0.5) is 0 Å². The molecule has 0 saturated carbocycles. The van der Waals surface area contributed by atoms with Gasteiger partial charge in [0.05, 0.1) is 0 Å². The highest BCUT2D eigenvalue weighted by Crippen LogP contribution is 2.28. The highest BCUT2D eigenvalue weighted by molar-refractivity contribution is 5.83. The smallest absolute Gasteiger partial charge is 0.239 e. The maximum absolute atomic E-state index is 12.9. The van der Waals surface area contributed by atoms with Gasteiger partial charge in [0.15, 0.2) is 0 Å². The van der Waals surface area contributed by atoms with Gasteiger partial charge in [0, 0.05) is 57.1 Å². The number of hydrogen-bond donors (Lipinski definition) is 2. The molecule has 2 fully saturated rings. The minimum atomic E-state index is -0.144. The van der Waals surface area contributed by atoms with Gasteiger partial charge < -0.3 is 10.6 Å². The monoisotopic (exact) mass is 421 g/mol. The summed E-state index contributed by atoms with van der Waals surface area (Å²) in [4.78, 5) is 34.0. The van der Waals surface area contributed by atoms with Gasteiger partial charge in [-0.2, -0.15) is 0 Å². The number of aromatic nitrogens is 1. The summed E-state index contributed by atoms with van der Waals surface area (Å²) in [5, 5.41) is 6.10. The maximum Gasteiger partial charge on any atom is 0.239 e. The van der Waals surface area contributed by atoms with Crippen molar-refractivity contribution in [2.75, 3.05) is 20.1 Å². The quantitative estimate of drug-likeness (QED) is 0.709. The second-order valence-corrected chi connectivity index (χ2v) is 8.50. The fraction of sp³-hybridized carbons (Fsp3) is 0.458. The Morgan fingerprint density at radius 2 is 2.00 bits per heavy atom. The van der Waals surface area contributed by atoms with Crippen molar-refractivity contribution in [2.45, 2.75) is 50.5 Å². The van der Waals surface area contributed by atoms with Crippen molar-refractivity contribution in [3.8, 4) is 0 Å². The lowest BCUT2D eigenvalue weighted by Gasteiger charge is -2.33. The van der Waals surface area contributed by atoms with Gasteiger partial charge in [-0.15, -0.1) is 0 Å². The molecule has 7 nitrogen and oxygen atoms in total. The predicted molar refractivity (Wildman–Crippen MR) is 119 cm³/mol. The highest BCUT2D eigenvalue weighted by Gasteiger charge is 2.44. The summed E-state index contributed by atoms with van der Waals surface area (Å²) >= 11 is 0. The van der Waals surface area contributed by atoms with Crippen molar-refractivity contribution < 1.29 is 9.59 Å². The third-order valence-corrected chi connectivity index (χ3v) is 6.50. The topological polar surface area (TPSA) is 77.6 Å². The molecule has 2 aliphatic rings. The fourth-order valence-electron chi connectivity index (χ4n) is 4.73. The molecule has 0 unspecified atom stereocenters. The van der Waals surface area contributed by atoms with Crippen LogP contribution >= 0.6 is 0 Å². The van der Waals surface area contributed by atoms with E-state index in [9.17, 15) is 9.59 Å². The second kappa shape index (κ2) is 10.0. The van der Waals surface area contributed by atoms with Gasteiger partial charge in [0.1, 0.15) is 6.04 Å². The molecule has 3 atom stereocenters. The van der Waals surface area contributed by atoms with Crippen LogP contribution in [0.25, 0.3) is 0 Å². The van der Waals surface area contributed by atoms with E-state index in [4.69, 9.17) is 0 Å². The lowest BCUT2D eigenvalue weighted by molar-refractivity contribution is -0.126. The Balaban J connectivity index is 1.32. The number of nitrogens with one attached hydrogen (secondary N) is 2. The third kappa shape index (κ3) is 5.29. The molecule has 31 heavy (non-hydrogen) atoms. The molecule has 2 N–H and O–H groups in total. The summed E-state index contributed by atoms with van der Waals surface area (Å²) in [6, 6.07) is 14.3. The van der Waals surface area contributed by atoms with Crippen molar-refractivity contribution in [1.82, 2.24) is 25.4 Å². The molecule has 2 aliphatic heterocycles. The van der Waals surface area contributed by atoms with E-state index in [-0.39, 0.29) is 29.9 Å². The molecular weight excluding hydrogens is 390 g/mol. The molecule has 2 saturated heterocycles. The number of likely N-dealkylation sites (tertiary alicyclic amines) is 1. The first-order valence-corrected chi connectivity index (χ1v) is 11.0. The van der Waals surface area contributed by atoms with Crippen LogP contribution < -0.4 is 10.6 Å². The minimum Gasteiger partial charge on any atom is -0.353 e. The molecule has 7 heteroatoms. The van der Waals surface area contributed by atoms with Crippen LogP contribution in [0.3, 0.4) is 0 Å². The van der Waals surface area contributed by atoms with Gasteiger partial charge in [-0.1, -0.05) is 36.4 Å². The third-order valence-electron chi connectivity index (χ3n) is 6.50. The molecule has 1 aromatic heterocycles. The fourth-order valence-corrected chi connectivity index (χ4v) is 4.73. The lowest BCUT2D eigenvalue weighted by atomic mass is 10.0. The van der Waals surface area contributed by atoms with Gasteiger partial charge >= 0.3 is 0 Å². The standard InChI is InChI=1S/C24H31N5O2/c1-28-20(9-10-22(30)26-15-19-8-5-12-25-14-19)16-27-24(31)23-21(28)11-13-29(23)17-18-6-3-2-4-7-18/h2-8,12,14,20-21,23H,9-11,13,15-17H2,1H3,(H,26,30)(H,27,31)/t20-,21+,23-/m0/s1. The Morgan fingerprint density at radius 1 is 1.19 bits per heavy atom. The Hall–Kier alpha value is -2.77. The number of fused-ring (bicyclic) bond motifs is 1. The van der Waals surface area contributed by atoms with E-state index < -0.39 is 0 Å². The van der Waals surface area contributed by atoms with Gasteiger partial charge in [-0.25, -0.2) is 0 Å². The average molecular weight is 422 g/mol. The van der Waals surface area contributed by atoms with Crippen LogP contribution in [-0.4, -0.2) is 64.9 Å². The van der Waals surface area contributed by atoms with E-state index in [0.717, 1.165) is 31.5 Å². The molecule has 0 aliphatic carbocycles. The first kappa shape index (κ1) is 21.5. The number of likely N-dealkylation sites (N-methyl/N-ethyl adjacent to an activating group) is 1. The molecule has 0 bridgehead atoms. The summed E-state index contributed by atoms with van der Waals surface area (Å²) < 4.78 is 0. The molecular formula is C24H31N5O2. The molecule has 0 spiro atoms. The summed E-state index contributed by atoms with van der Waals surface area (Å²) in [5.41, 5.74) is 2.21. The van der Waals surface area contributed by atoms with Crippen molar-refractivity contribution in [1.29, 1.82) is 0 Å². The van der Waals surface area contributed by atoms with Crippen LogP contribution in [0.1, 0.15) is 30.4 Å². The lowest BCUT2D eigenvalue weighted by Crippen LogP contribution is -2.49. The summed E-state index contributed by atoms with van der Waals surface area (Å²) in [6.45, 7) is 2.76. The highest BCUT2D eigenvalue weighted by atomic mass is 16.2. The van der Waals surface area contributed by atoms with Gasteiger partial charge in [0.25, 0.3) is 0 Å². The van der Waals surface area contributed by atoms with Crippen molar-refractivity contribution in [3.63, 3.8) is 0 Å². The summed E-state index contributed by atoms with van der Waals surface area (Å²) in [6.07, 6.45) is 5.61. The number of hydrogen-bond acceptors (Lipinski definition) is 5. The number of rotatable bonds is 7. The number of carbonyl (C=O) groups is 2. The molecule has 164 valence electrons. The molecule has 2 aromatic rings. The van der Waals surface area contributed by atoms with E-state index in [1.807, 2.05) is 30.3 Å². The normalized spacial score (nSPS) is 24.3. The number of benzene rings is 1. The number of nitrogens with zero attached hydrogens (tertiary/aromatic N) is 3. The van der Waals surface area contributed by atoms with Crippen LogP contribution in [0.15, 0.2) is 54.9 Å². The maximum atomic E-state index is 12.9. The van der Waals surface area contributed by atoms with Crippen molar-refractivity contribution >= 4 is 11.8 Å². The Kier molecular flexibility index (Phi) is 6.94. The predicted octanol–water partition coefficient (Wildman–Crippen LogP) is 1.55. The summed E-state index contributed by atoms with van der Waals surface area (Å²) in [7, 11) is 2.10. The number of amides is 2. The Labute approximate surface area is 183 Å². The Bertz CT molecular complexity index is 876. The second-order valence-electron chi connectivity index (χ2n) is 8.50. The molecule has 2 amide bonds. The van der Waals surface area contributed by atoms with Crippen LogP contribution in [-0.2, 0) is 22.7 Å². The zero-order valence-electron chi connectivity index (χ0n) is 18.0. The number of pyridine rings is 1. The molecule has 4 rings (SSSR count). The molecule has 0 radical (unpaired) electrons. The van der Waals surface area contributed by atoms with E-state index in [1.54, 1.807) is 12.4 Å². The Morgan fingerprint density at radius 3 is 2.77 bits per heavy atom. The first-order chi connectivity index (χ1) is 15.1. The minimum absolute atomic E-state index is 0.0292. The van der Waals surface area contributed by atoms with Gasteiger partial charge in [-0.05, 0) is 37.1 Å². The van der Waals surface area contributed by atoms with Crippen molar-refractivity contribution in [2.24, 2.45) is 0 Å². The molecule has 3 heterocycles. The summed E-state index contributed by atoms with van der Waals surface area (Å²) in [5.74, 6) is 0.135. The van der Waals surface area contributed by atoms with Gasteiger partial charge in [-0.3, -0.25) is 24.4 Å². The van der Waals surface area contributed by atoms with E-state index in [2.05, 4.69) is 44.6 Å². The SMILES string of the molecule is CN1[C@@H](CCC(=O)NCc2cccnc2)CNC(=O)[C@@H]2[C@H]1CCN2Cc1ccccc1. The van der Waals surface area contributed by atoms with E-state index in [0.29, 0.717) is 19.5 Å². The van der Waals surface area contributed by atoms with Crippen LogP contribution in [0, 0.1) is 0 Å². The van der Waals surface area contributed by atoms with Crippen LogP contribution in [0.2, 0.25) is 0 Å². The zero-order valence-corrected chi connectivity index (χ0v) is 18.0. The van der Waals surface area contributed by atoms with Crippen LogP contribution in [0.5, 0.6) is 0 Å². The first-order valence-electron chi connectivity index (χ1n) is 11.0. The molecule has 1 aromatic carbocycles. The average Bonchev–Trinajstić information content (AvgIpc) is 3.17. The number of carbonyl (C=O) groups excluding carboxylic acids is 2. The van der Waals surface area contributed by atoms with Crippen molar-refractivity contribution in [3.05, 3.63) is 66.0 Å². The zero-order chi connectivity index (χ0) is 21.6. The van der Waals surface area contributed by atoms with Gasteiger partial charge in [0.2, 0.25) is 11.8 Å².